The van der Waals surface area contributed by atoms with Gasteiger partial charge in [0.15, 0.2) is 0 Å². The van der Waals surface area contributed by atoms with Crippen LogP contribution in [0.25, 0.3) is 0 Å². The number of carboxylic acids is 1. The van der Waals surface area contributed by atoms with Crippen molar-refractivity contribution in [1.82, 2.24) is 10.2 Å². The zero-order valence-corrected chi connectivity index (χ0v) is 9.90. The fourth-order valence-corrected chi connectivity index (χ4v) is 1.98. The summed E-state index contributed by atoms with van der Waals surface area (Å²) in [6.07, 6.45) is 5.57. The summed E-state index contributed by atoms with van der Waals surface area (Å²) in [5, 5.41) is 11.2. The Bertz CT molecular complexity index is 262. The van der Waals surface area contributed by atoms with Crippen molar-refractivity contribution >= 4 is 12.0 Å². The number of carbonyl (C=O) groups is 2. The SMILES string of the molecule is C[C@H](NC(=O)N(C)C1CCCCC1)C(=O)O. The molecule has 0 aromatic rings. The summed E-state index contributed by atoms with van der Waals surface area (Å²) in [5.74, 6) is -1.01. The van der Waals surface area contributed by atoms with E-state index in [1.165, 1.54) is 13.3 Å². The summed E-state index contributed by atoms with van der Waals surface area (Å²) in [6, 6.07) is -0.866. The minimum Gasteiger partial charge on any atom is -0.480 e. The number of urea groups is 1. The summed E-state index contributed by atoms with van der Waals surface area (Å²) < 4.78 is 0. The van der Waals surface area contributed by atoms with E-state index >= 15 is 0 Å². The van der Waals surface area contributed by atoms with Crippen molar-refractivity contribution < 1.29 is 14.7 Å². The molecule has 0 bridgehead atoms. The number of carboxylic acid groups (broad SMARTS) is 1. The Morgan fingerprint density at radius 3 is 2.38 bits per heavy atom. The van der Waals surface area contributed by atoms with E-state index in [1.807, 2.05) is 0 Å². The molecule has 0 aromatic carbocycles. The standard InChI is InChI=1S/C11H20N2O3/c1-8(10(14)15)12-11(16)13(2)9-6-4-3-5-7-9/h8-9H,3-7H2,1-2H3,(H,12,16)(H,14,15)/t8-/m0/s1. The van der Waals surface area contributed by atoms with Gasteiger partial charge in [-0.25, -0.2) is 4.79 Å². The minimum atomic E-state index is -1.01. The lowest BCUT2D eigenvalue weighted by atomic mass is 9.95. The Morgan fingerprint density at radius 1 is 1.31 bits per heavy atom. The van der Waals surface area contributed by atoms with E-state index in [1.54, 1.807) is 11.9 Å². The number of nitrogens with one attached hydrogen (secondary N) is 1. The maximum Gasteiger partial charge on any atom is 0.325 e. The molecule has 0 radical (unpaired) electrons. The Hall–Kier alpha value is -1.26. The van der Waals surface area contributed by atoms with Crippen molar-refractivity contribution in [3.05, 3.63) is 0 Å². The molecule has 2 N–H and O–H groups in total. The van der Waals surface area contributed by atoms with Gasteiger partial charge < -0.3 is 15.3 Å². The third kappa shape index (κ3) is 3.40. The van der Waals surface area contributed by atoms with Crippen LogP contribution in [0.3, 0.4) is 0 Å². The molecule has 16 heavy (non-hydrogen) atoms. The topological polar surface area (TPSA) is 69.6 Å². The van der Waals surface area contributed by atoms with Gasteiger partial charge in [-0.3, -0.25) is 4.79 Å². The molecule has 0 saturated heterocycles. The molecule has 0 aliphatic heterocycles. The number of carbonyl (C=O) groups excluding carboxylic acids is 1. The molecule has 0 unspecified atom stereocenters. The number of hydrogen-bond acceptors (Lipinski definition) is 2. The highest BCUT2D eigenvalue weighted by atomic mass is 16.4. The van der Waals surface area contributed by atoms with Gasteiger partial charge in [-0.15, -0.1) is 0 Å². The molecule has 0 heterocycles. The van der Waals surface area contributed by atoms with Crippen LogP contribution in [0, 0.1) is 0 Å². The molecule has 1 saturated carbocycles. The van der Waals surface area contributed by atoms with Gasteiger partial charge in [0.1, 0.15) is 6.04 Å². The van der Waals surface area contributed by atoms with Crippen LogP contribution in [0.5, 0.6) is 0 Å². The van der Waals surface area contributed by atoms with Crippen molar-refractivity contribution in [2.24, 2.45) is 0 Å². The van der Waals surface area contributed by atoms with Crippen LogP contribution in [0.15, 0.2) is 0 Å². The van der Waals surface area contributed by atoms with Crippen molar-refractivity contribution in [2.45, 2.75) is 51.1 Å². The molecule has 1 atom stereocenters. The third-order valence-electron chi connectivity index (χ3n) is 3.15. The van der Waals surface area contributed by atoms with Gasteiger partial charge in [0, 0.05) is 13.1 Å². The highest BCUT2D eigenvalue weighted by Gasteiger charge is 2.24. The van der Waals surface area contributed by atoms with Gasteiger partial charge in [-0.1, -0.05) is 19.3 Å². The van der Waals surface area contributed by atoms with E-state index in [0.29, 0.717) is 0 Å². The smallest absolute Gasteiger partial charge is 0.325 e. The van der Waals surface area contributed by atoms with Gasteiger partial charge in [-0.2, -0.15) is 0 Å². The number of rotatable bonds is 3. The number of amides is 2. The molecule has 1 fully saturated rings. The summed E-state index contributed by atoms with van der Waals surface area (Å²) >= 11 is 0. The molecule has 2 amide bonds. The maximum absolute atomic E-state index is 11.7. The lowest BCUT2D eigenvalue weighted by Gasteiger charge is -2.31. The lowest BCUT2D eigenvalue weighted by molar-refractivity contribution is -0.138. The summed E-state index contributed by atoms with van der Waals surface area (Å²) in [7, 11) is 1.74. The van der Waals surface area contributed by atoms with Gasteiger partial charge >= 0.3 is 12.0 Å². The molecular weight excluding hydrogens is 208 g/mol. The normalized spacial score (nSPS) is 18.9. The highest BCUT2D eigenvalue weighted by molar-refractivity contribution is 5.82. The largest absolute Gasteiger partial charge is 0.480 e. The average molecular weight is 228 g/mol. The van der Waals surface area contributed by atoms with Crippen molar-refractivity contribution in [3.8, 4) is 0 Å². The fourth-order valence-electron chi connectivity index (χ4n) is 1.98. The monoisotopic (exact) mass is 228 g/mol. The van der Waals surface area contributed by atoms with E-state index < -0.39 is 12.0 Å². The first-order valence-electron chi connectivity index (χ1n) is 5.78. The second-order valence-electron chi connectivity index (χ2n) is 4.41. The summed E-state index contributed by atoms with van der Waals surface area (Å²) in [6.45, 7) is 1.47. The van der Waals surface area contributed by atoms with Crippen LogP contribution in [0.1, 0.15) is 39.0 Å². The van der Waals surface area contributed by atoms with E-state index in [0.717, 1.165) is 25.7 Å². The fraction of sp³-hybridized carbons (Fsp3) is 0.818. The second-order valence-corrected chi connectivity index (χ2v) is 4.41. The summed E-state index contributed by atoms with van der Waals surface area (Å²) in [4.78, 5) is 23.9. The zero-order valence-electron chi connectivity index (χ0n) is 9.90. The Balaban J connectivity index is 2.43. The van der Waals surface area contributed by atoms with Crippen LogP contribution in [-0.2, 0) is 4.79 Å². The summed E-state index contributed by atoms with van der Waals surface area (Å²) in [5.41, 5.74) is 0. The van der Waals surface area contributed by atoms with Crippen LogP contribution in [0.4, 0.5) is 4.79 Å². The molecular formula is C11H20N2O3. The molecule has 5 heteroatoms. The van der Waals surface area contributed by atoms with Gasteiger partial charge in [-0.05, 0) is 19.8 Å². The van der Waals surface area contributed by atoms with E-state index in [-0.39, 0.29) is 12.1 Å². The van der Waals surface area contributed by atoms with Gasteiger partial charge in [0.25, 0.3) is 0 Å². The highest BCUT2D eigenvalue weighted by Crippen LogP contribution is 2.21. The number of nitrogens with zero attached hydrogens (tertiary/aromatic N) is 1. The molecule has 0 aromatic heterocycles. The first kappa shape index (κ1) is 12.8. The van der Waals surface area contributed by atoms with Crippen LogP contribution < -0.4 is 5.32 Å². The number of aliphatic carboxylic acids is 1. The molecule has 1 aliphatic rings. The number of hydrogen-bond donors (Lipinski definition) is 2. The van der Waals surface area contributed by atoms with Crippen molar-refractivity contribution in [2.75, 3.05) is 7.05 Å². The van der Waals surface area contributed by atoms with Crippen LogP contribution in [-0.4, -0.2) is 41.1 Å². The minimum absolute atomic E-state index is 0.259. The van der Waals surface area contributed by atoms with Gasteiger partial charge in [0.2, 0.25) is 0 Å². The second kappa shape index (κ2) is 5.72. The predicted octanol–water partition coefficient (Wildman–Crippen LogP) is 1.43. The average Bonchev–Trinajstić information content (AvgIpc) is 2.28. The molecule has 92 valence electrons. The lowest BCUT2D eigenvalue weighted by Crippen LogP contribution is -2.49. The predicted molar refractivity (Wildman–Crippen MR) is 60.3 cm³/mol. The maximum atomic E-state index is 11.7. The first-order valence-corrected chi connectivity index (χ1v) is 5.78. The first-order chi connectivity index (χ1) is 7.52. The van der Waals surface area contributed by atoms with Crippen LogP contribution in [0.2, 0.25) is 0 Å². The third-order valence-corrected chi connectivity index (χ3v) is 3.15. The Kier molecular flexibility index (Phi) is 4.58. The zero-order chi connectivity index (χ0) is 12.1. The molecule has 1 rings (SSSR count). The molecule has 0 spiro atoms. The van der Waals surface area contributed by atoms with E-state index in [9.17, 15) is 9.59 Å². The van der Waals surface area contributed by atoms with Crippen molar-refractivity contribution in [3.63, 3.8) is 0 Å². The van der Waals surface area contributed by atoms with Crippen molar-refractivity contribution in [1.29, 1.82) is 0 Å². The van der Waals surface area contributed by atoms with Gasteiger partial charge in [0.05, 0.1) is 0 Å². The Labute approximate surface area is 95.8 Å². The molecule has 5 nitrogen and oxygen atoms in total. The molecule has 1 aliphatic carbocycles. The van der Waals surface area contributed by atoms with E-state index in [4.69, 9.17) is 5.11 Å². The Morgan fingerprint density at radius 2 is 1.88 bits per heavy atom. The quantitative estimate of drug-likeness (QED) is 0.767. The van der Waals surface area contributed by atoms with E-state index in [2.05, 4.69) is 5.32 Å². The van der Waals surface area contributed by atoms with Crippen LogP contribution >= 0.6 is 0 Å².